The molecule has 1 nitrogen and oxygen atoms in total. The van der Waals surface area contributed by atoms with Gasteiger partial charge in [0, 0.05) is 12.0 Å². The van der Waals surface area contributed by atoms with Crippen LogP contribution >= 0.6 is 0 Å². The third kappa shape index (κ3) is 1.50. The Bertz CT molecular complexity index is 347. The molecule has 0 heterocycles. The van der Waals surface area contributed by atoms with Gasteiger partial charge in [0.05, 0.1) is 7.11 Å². The zero-order valence-corrected chi connectivity index (χ0v) is 7.66. The largest absolute Gasteiger partial charge is 0.500 e. The number of benzene rings is 1. The fourth-order valence-electron chi connectivity index (χ4n) is 1.55. The highest BCUT2D eigenvalue weighted by atomic mass is 16.5. The fraction of sp³-hybridized carbons (Fsp3) is 0.167. The first-order valence-corrected chi connectivity index (χ1v) is 4.41. The van der Waals surface area contributed by atoms with Crippen molar-refractivity contribution in [2.75, 3.05) is 7.11 Å². The van der Waals surface area contributed by atoms with Crippen LogP contribution in [0.2, 0.25) is 0 Å². The van der Waals surface area contributed by atoms with Crippen LogP contribution in [0.25, 0.3) is 5.57 Å². The Morgan fingerprint density at radius 1 is 1.15 bits per heavy atom. The summed E-state index contributed by atoms with van der Waals surface area (Å²) in [5.74, 6) is 1.06. The summed E-state index contributed by atoms with van der Waals surface area (Å²) < 4.78 is 5.30. The van der Waals surface area contributed by atoms with E-state index in [0.29, 0.717) is 0 Å². The fourth-order valence-corrected chi connectivity index (χ4v) is 1.55. The third-order valence-corrected chi connectivity index (χ3v) is 2.22. The standard InChI is InChI=1S/C12H12O/c1-13-12-9-5-8-11(12)10-6-3-2-4-7-10/h2-8H,9H2,1H3. The molecule has 66 valence electrons. The first-order valence-electron chi connectivity index (χ1n) is 4.41. The minimum Gasteiger partial charge on any atom is -0.500 e. The molecule has 1 aromatic rings. The van der Waals surface area contributed by atoms with E-state index in [1.165, 1.54) is 11.1 Å². The quantitative estimate of drug-likeness (QED) is 0.666. The Hall–Kier alpha value is -1.50. The molecule has 1 aliphatic carbocycles. The number of hydrogen-bond acceptors (Lipinski definition) is 1. The highest BCUT2D eigenvalue weighted by Crippen LogP contribution is 2.27. The van der Waals surface area contributed by atoms with Gasteiger partial charge in [-0.05, 0) is 5.56 Å². The predicted molar refractivity (Wildman–Crippen MR) is 54.1 cm³/mol. The Morgan fingerprint density at radius 3 is 2.62 bits per heavy atom. The number of methoxy groups -OCH3 is 1. The summed E-state index contributed by atoms with van der Waals surface area (Å²) in [6.07, 6.45) is 5.16. The number of ether oxygens (including phenoxy) is 1. The monoisotopic (exact) mass is 172 g/mol. The molecule has 0 saturated heterocycles. The van der Waals surface area contributed by atoms with Crippen molar-refractivity contribution in [2.45, 2.75) is 6.42 Å². The van der Waals surface area contributed by atoms with Crippen LogP contribution in [0.5, 0.6) is 0 Å². The molecule has 0 fully saturated rings. The van der Waals surface area contributed by atoms with E-state index in [-0.39, 0.29) is 0 Å². The minimum atomic E-state index is 0.917. The van der Waals surface area contributed by atoms with Crippen molar-refractivity contribution in [3.05, 3.63) is 53.8 Å². The Labute approximate surface area is 78.3 Å². The predicted octanol–water partition coefficient (Wildman–Crippen LogP) is 3.00. The van der Waals surface area contributed by atoms with Gasteiger partial charge >= 0.3 is 0 Å². The normalized spacial score (nSPS) is 15.2. The molecule has 0 spiro atoms. The lowest BCUT2D eigenvalue weighted by Gasteiger charge is -2.05. The molecule has 1 aromatic carbocycles. The molecule has 0 bridgehead atoms. The summed E-state index contributed by atoms with van der Waals surface area (Å²) in [5.41, 5.74) is 2.44. The van der Waals surface area contributed by atoms with Crippen molar-refractivity contribution in [2.24, 2.45) is 0 Å². The molecule has 1 aliphatic rings. The van der Waals surface area contributed by atoms with Gasteiger partial charge in [-0.1, -0.05) is 42.5 Å². The van der Waals surface area contributed by atoms with Crippen molar-refractivity contribution in [1.29, 1.82) is 0 Å². The number of allylic oxidation sites excluding steroid dienone is 3. The summed E-state index contributed by atoms with van der Waals surface area (Å²) in [5, 5.41) is 0. The van der Waals surface area contributed by atoms with Gasteiger partial charge in [0.1, 0.15) is 5.76 Å². The van der Waals surface area contributed by atoms with Gasteiger partial charge in [-0.2, -0.15) is 0 Å². The van der Waals surface area contributed by atoms with Crippen LogP contribution in [0.3, 0.4) is 0 Å². The highest BCUT2D eigenvalue weighted by molar-refractivity contribution is 5.78. The van der Waals surface area contributed by atoms with E-state index in [4.69, 9.17) is 4.74 Å². The van der Waals surface area contributed by atoms with Gasteiger partial charge in [0.25, 0.3) is 0 Å². The molecule has 0 amide bonds. The van der Waals surface area contributed by atoms with Crippen LogP contribution in [0.15, 0.2) is 48.2 Å². The summed E-state index contributed by atoms with van der Waals surface area (Å²) in [6.45, 7) is 0. The third-order valence-electron chi connectivity index (χ3n) is 2.22. The molecule has 0 aliphatic heterocycles. The van der Waals surface area contributed by atoms with Crippen molar-refractivity contribution in [3.63, 3.8) is 0 Å². The minimum absolute atomic E-state index is 0.917. The zero-order valence-electron chi connectivity index (χ0n) is 7.66. The van der Waals surface area contributed by atoms with Crippen molar-refractivity contribution < 1.29 is 4.74 Å². The van der Waals surface area contributed by atoms with Gasteiger partial charge in [0.2, 0.25) is 0 Å². The number of rotatable bonds is 2. The van der Waals surface area contributed by atoms with E-state index in [1.54, 1.807) is 7.11 Å². The van der Waals surface area contributed by atoms with E-state index in [1.807, 2.05) is 18.2 Å². The molecule has 1 heteroatoms. The molecule has 0 atom stereocenters. The molecule has 2 rings (SSSR count). The number of hydrogen-bond donors (Lipinski definition) is 0. The Morgan fingerprint density at radius 2 is 1.92 bits per heavy atom. The maximum absolute atomic E-state index is 5.30. The van der Waals surface area contributed by atoms with Crippen LogP contribution in [0.4, 0.5) is 0 Å². The van der Waals surface area contributed by atoms with Crippen molar-refractivity contribution in [3.8, 4) is 0 Å². The maximum atomic E-state index is 5.30. The second kappa shape index (κ2) is 3.48. The first-order chi connectivity index (χ1) is 6.42. The van der Waals surface area contributed by atoms with E-state index in [0.717, 1.165) is 12.2 Å². The summed E-state index contributed by atoms with van der Waals surface area (Å²) >= 11 is 0. The average Bonchev–Trinajstić information content (AvgIpc) is 2.67. The summed E-state index contributed by atoms with van der Waals surface area (Å²) in [7, 11) is 1.73. The van der Waals surface area contributed by atoms with Crippen molar-refractivity contribution in [1.82, 2.24) is 0 Å². The van der Waals surface area contributed by atoms with E-state index >= 15 is 0 Å². The molecular formula is C12H12O. The van der Waals surface area contributed by atoms with E-state index < -0.39 is 0 Å². The average molecular weight is 172 g/mol. The second-order valence-corrected chi connectivity index (χ2v) is 3.01. The molecule has 0 N–H and O–H groups in total. The first kappa shape index (κ1) is 8.11. The van der Waals surface area contributed by atoms with Crippen LogP contribution < -0.4 is 0 Å². The highest BCUT2D eigenvalue weighted by Gasteiger charge is 2.10. The lowest BCUT2D eigenvalue weighted by Crippen LogP contribution is -1.87. The molecular weight excluding hydrogens is 160 g/mol. The molecule has 0 radical (unpaired) electrons. The van der Waals surface area contributed by atoms with Gasteiger partial charge < -0.3 is 4.74 Å². The Balaban J connectivity index is 2.41. The van der Waals surface area contributed by atoms with Crippen LogP contribution in [0.1, 0.15) is 12.0 Å². The van der Waals surface area contributed by atoms with Gasteiger partial charge in [-0.3, -0.25) is 0 Å². The van der Waals surface area contributed by atoms with Crippen LogP contribution in [-0.2, 0) is 4.74 Å². The zero-order chi connectivity index (χ0) is 9.10. The van der Waals surface area contributed by atoms with Gasteiger partial charge in [-0.15, -0.1) is 0 Å². The van der Waals surface area contributed by atoms with Gasteiger partial charge in [0.15, 0.2) is 0 Å². The lowest BCUT2D eigenvalue weighted by atomic mass is 10.1. The molecule has 0 saturated carbocycles. The molecule has 0 unspecified atom stereocenters. The van der Waals surface area contributed by atoms with Crippen LogP contribution in [-0.4, -0.2) is 7.11 Å². The molecule has 13 heavy (non-hydrogen) atoms. The molecule has 0 aromatic heterocycles. The SMILES string of the molecule is COC1=C(c2ccccc2)C=CC1. The van der Waals surface area contributed by atoms with E-state index in [9.17, 15) is 0 Å². The van der Waals surface area contributed by atoms with Crippen LogP contribution in [0, 0.1) is 0 Å². The maximum Gasteiger partial charge on any atom is 0.107 e. The lowest BCUT2D eigenvalue weighted by molar-refractivity contribution is 0.289. The second-order valence-electron chi connectivity index (χ2n) is 3.01. The van der Waals surface area contributed by atoms with E-state index in [2.05, 4.69) is 24.3 Å². The topological polar surface area (TPSA) is 9.23 Å². The summed E-state index contributed by atoms with van der Waals surface area (Å²) in [6, 6.07) is 10.3. The van der Waals surface area contributed by atoms with Gasteiger partial charge in [-0.25, -0.2) is 0 Å². The summed E-state index contributed by atoms with van der Waals surface area (Å²) in [4.78, 5) is 0. The Kier molecular flexibility index (Phi) is 2.17. The van der Waals surface area contributed by atoms with Crippen molar-refractivity contribution >= 4 is 5.57 Å². The smallest absolute Gasteiger partial charge is 0.107 e.